The van der Waals surface area contributed by atoms with Crippen LogP contribution in [0.2, 0.25) is 0 Å². The summed E-state index contributed by atoms with van der Waals surface area (Å²) in [6, 6.07) is 13.2. The fourth-order valence-corrected chi connectivity index (χ4v) is 5.11. The number of aliphatic hydroxyl groups excluding tert-OH is 1. The molecule has 2 aromatic rings. The number of amides is 1. The highest BCUT2D eigenvalue weighted by Crippen LogP contribution is 2.41. The van der Waals surface area contributed by atoms with E-state index in [4.69, 9.17) is 0 Å². The third-order valence-electron chi connectivity index (χ3n) is 6.91. The summed E-state index contributed by atoms with van der Waals surface area (Å²) < 4.78 is 0. The Morgan fingerprint density at radius 3 is 2.56 bits per heavy atom. The number of carbonyl (C=O) groups excluding carboxylic acids is 1. The van der Waals surface area contributed by atoms with E-state index in [1.165, 1.54) is 19.3 Å². The summed E-state index contributed by atoms with van der Waals surface area (Å²) in [5.41, 5.74) is 4.39. The number of aliphatic carboxylic acids is 1. The quantitative estimate of drug-likeness (QED) is 0.508. The molecule has 4 rings (SSSR count). The van der Waals surface area contributed by atoms with Crippen molar-refractivity contribution in [2.75, 3.05) is 25.0 Å². The van der Waals surface area contributed by atoms with Gasteiger partial charge in [0.25, 0.3) is 5.91 Å². The minimum Gasteiger partial charge on any atom is -0.481 e. The van der Waals surface area contributed by atoms with Crippen LogP contribution in [0.15, 0.2) is 47.6 Å². The molecule has 7 heteroatoms. The van der Waals surface area contributed by atoms with Crippen LogP contribution >= 0.6 is 0 Å². The van der Waals surface area contributed by atoms with E-state index in [1.807, 2.05) is 36.5 Å². The molecule has 180 valence electrons. The van der Waals surface area contributed by atoms with Crippen LogP contribution < -0.4 is 5.32 Å². The van der Waals surface area contributed by atoms with Crippen LogP contribution in [0.25, 0.3) is 0 Å². The third-order valence-corrected chi connectivity index (χ3v) is 6.91. The molecule has 1 heterocycles. The number of hydrazone groups is 1. The fourth-order valence-electron chi connectivity index (χ4n) is 5.11. The van der Waals surface area contributed by atoms with Gasteiger partial charge in [-0.05, 0) is 91.3 Å². The average Bonchev–Trinajstić information content (AvgIpc) is 2.85. The van der Waals surface area contributed by atoms with Gasteiger partial charge in [0.1, 0.15) is 0 Å². The van der Waals surface area contributed by atoms with Crippen LogP contribution in [0.3, 0.4) is 0 Å². The molecule has 34 heavy (non-hydrogen) atoms. The number of rotatable bonds is 8. The van der Waals surface area contributed by atoms with Crippen LogP contribution in [0.1, 0.15) is 71.5 Å². The largest absolute Gasteiger partial charge is 0.481 e. The molecule has 2 atom stereocenters. The second-order valence-electron chi connectivity index (χ2n) is 9.26. The fraction of sp³-hybridized carbons (Fsp3) is 0.444. The standard InChI is InChI=1S/C27H33N3O4/c31-15-12-24-22(16-26(32)33)9-8-20-10-11-23(17-25(20)24)29-27(34)21-6-4-19(5-7-21)18-28-30-13-2-1-3-14-30/h4-7,10-11,17-18,22,24,31H,1-3,8-9,12-16H2,(H,29,34)(H,32,33). The molecule has 0 radical (unpaired) electrons. The van der Waals surface area contributed by atoms with E-state index >= 15 is 0 Å². The molecule has 1 amide bonds. The minimum absolute atomic E-state index is 0.00419. The predicted molar refractivity (Wildman–Crippen MR) is 132 cm³/mol. The molecule has 0 spiro atoms. The maximum absolute atomic E-state index is 12.8. The van der Waals surface area contributed by atoms with E-state index in [1.54, 1.807) is 12.1 Å². The molecule has 0 saturated carbocycles. The van der Waals surface area contributed by atoms with Crippen molar-refractivity contribution < 1.29 is 19.8 Å². The number of anilines is 1. The van der Waals surface area contributed by atoms with E-state index in [9.17, 15) is 19.8 Å². The third kappa shape index (κ3) is 6.03. The maximum Gasteiger partial charge on any atom is 0.303 e. The molecular weight excluding hydrogens is 430 g/mol. The molecular formula is C27H33N3O4. The first-order valence-corrected chi connectivity index (χ1v) is 12.2. The molecule has 0 bridgehead atoms. The first-order chi connectivity index (χ1) is 16.5. The Balaban J connectivity index is 1.43. The lowest BCUT2D eigenvalue weighted by Gasteiger charge is -2.33. The molecule has 1 saturated heterocycles. The molecule has 2 aromatic carbocycles. The molecule has 2 aliphatic rings. The number of nitrogens with zero attached hydrogens (tertiary/aromatic N) is 2. The second-order valence-corrected chi connectivity index (χ2v) is 9.26. The van der Waals surface area contributed by atoms with E-state index < -0.39 is 5.97 Å². The van der Waals surface area contributed by atoms with Crippen molar-refractivity contribution in [3.05, 3.63) is 64.7 Å². The lowest BCUT2D eigenvalue weighted by atomic mass is 9.72. The Bertz CT molecular complexity index is 1030. The smallest absolute Gasteiger partial charge is 0.303 e. The topological polar surface area (TPSA) is 102 Å². The lowest BCUT2D eigenvalue weighted by molar-refractivity contribution is -0.138. The normalized spacial score (nSPS) is 20.2. The summed E-state index contributed by atoms with van der Waals surface area (Å²) >= 11 is 0. The van der Waals surface area contributed by atoms with Gasteiger partial charge in [-0.2, -0.15) is 5.10 Å². The van der Waals surface area contributed by atoms with Crippen LogP contribution in [-0.2, 0) is 11.2 Å². The van der Waals surface area contributed by atoms with Crippen molar-refractivity contribution in [1.29, 1.82) is 0 Å². The molecule has 2 unspecified atom stereocenters. The number of aryl methyl sites for hydroxylation is 1. The Kier molecular flexibility index (Phi) is 7.95. The van der Waals surface area contributed by atoms with Crippen LogP contribution in [0.5, 0.6) is 0 Å². The maximum atomic E-state index is 12.8. The van der Waals surface area contributed by atoms with E-state index in [0.717, 1.165) is 42.6 Å². The number of carboxylic acids is 1. The molecule has 1 fully saturated rings. The number of carbonyl (C=O) groups is 2. The lowest BCUT2D eigenvalue weighted by Crippen LogP contribution is -2.24. The van der Waals surface area contributed by atoms with Gasteiger partial charge in [0, 0.05) is 37.4 Å². The first-order valence-electron chi connectivity index (χ1n) is 12.2. The van der Waals surface area contributed by atoms with E-state index in [-0.39, 0.29) is 30.8 Å². The summed E-state index contributed by atoms with van der Waals surface area (Å²) in [7, 11) is 0. The molecule has 1 aliphatic carbocycles. The second kappa shape index (κ2) is 11.3. The number of fused-ring (bicyclic) bond motifs is 1. The van der Waals surface area contributed by atoms with Gasteiger partial charge in [-0.15, -0.1) is 0 Å². The minimum atomic E-state index is -0.815. The molecule has 0 aromatic heterocycles. The van der Waals surface area contributed by atoms with Gasteiger partial charge in [-0.3, -0.25) is 14.6 Å². The Hall–Kier alpha value is -3.19. The van der Waals surface area contributed by atoms with Crippen molar-refractivity contribution in [3.8, 4) is 0 Å². The van der Waals surface area contributed by atoms with Gasteiger partial charge in [0.2, 0.25) is 0 Å². The number of benzene rings is 2. The summed E-state index contributed by atoms with van der Waals surface area (Å²) in [5, 5.41) is 28.4. The highest BCUT2D eigenvalue weighted by atomic mass is 16.4. The number of piperidine rings is 1. The Labute approximate surface area is 200 Å². The van der Waals surface area contributed by atoms with Crippen LogP contribution in [0, 0.1) is 5.92 Å². The number of carboxylic acid groups (broad SMARTS) is 1. The molecule has 7 nitrogen and oxygen atoms in total. The summed E-state index contributed by atoms with van der Waals surface area (Å²) in [6.45, 7) is 1.99. The SMILES string of the molecule is O=C(O)CC1CCc2ccc(NC(=O)c3ccc(C=NN4CCCCC4)cc3)cc2C1CCO. The van der Waals surface area contributed by atoms with Gasteiger partial charge in [-0.1, -0.05) is 18.2 Å². The van der Waals surface area contributed by atoms with E-state index in [0.29, 0.717) is 17.7 Å². The van der Waals surface area contributed by atoms with Crippen molar-refractivity contribution in [2.24, 2.45) is 11.0 Å². The van der Waals surface area contributed by atoms with Crippen molar-refractivity contribution in [2.45, 2.75) is 50.9 Å². The van der Waals surface area contributed by atoms with Gasteiger partial charge < -0.3 is 15.5 Å². The van der Waals surface area contributed by atoms with Gasteiger partial charge >= 0.3 is 5.97 Å². The van der Waals surface area contributed by atoms with Crippen LogP contribution in [-0.4, -0.2) is 53.0 Å². The number of hydrogen-bond donors (Lipinski definition) is 3. The number of nitrogens with one attached hydrogen (secondary N) is 1. The summed E-state index contributed by atoms with van der Waals surface area (Å²) in [4.78, 5) is 24.2. The average molecular weight is 464 g/mol. The highest BCUT2D eigenvalue weighted by Gasteiger charge is 2.31. The Morgan fingerprint density at radius 1 is 1.09 bits per heavy atom. The van der Waals surface area contributed by atoms with Gasteiger partial charge in [0.05, 0.1) is 6.21 Å². The van der Waals surface area contributed by atoms with Crippen molar-refractivity contribution in [3.63, 3.8) is 0 Å². The zero-order valence-electron chi connectivity index (χ0n) is 19.4. The van der Waals surface area contributed by atoms with Crippen molar-refractivity contribution in [1.82, 2.24) is 5.01 Å². The molecule has 3 N–H and O–H groups in total. The molecule has 1 aliphatic heterocycles. The van der Waals surface area contributed by atoms with Gasteiger partial charge in [0.15, 0.2) is 0 Å². The highest BCUT2D eigenvalue weighted by molar-refractivity contribution is 6.04. The number of aliphatic hydroxyl groups is 1. The zero-order valence-corrected chi connectivity index (χ0v) is 19.4. The summed E-state index contributed by atoms with van der Waals surface area (Å²) in [6.07, 6.45) is 7.68. The predicted octanol–water partition coefficient (Wildman–Crippen LogP) is 4.26. The van der Waals surface area contributed by atoms with Crippen molar-refractivity contribution >= 4 is 23.8 Å². The summed E-state index contributed by atoms with van der Waals surface area (Å²) in [5.74, 6) is -1.05. The van der Waals surface area contributed by atoms with Gasteiger partial charge in [-0.25, -0.2) is 0 Å². The zero-order chi connectivity index (χ0) is 23.9. The monoisotopic (exact) mass is 463 g/mol. The van der Waals surface area contributed by atoms with Crippen LogP contribution in [0.4, 0.5) is 5.69 Å². The Morgan fingerprint density at radius 2 is 1.85 bits per heavy atom. The first kappa shape index (κ1) is 24.0. The van der Waals surface area contributed by atoms with E-state index in [2.05, 4.69) is 15.4 Å². The number of hydrogen-bond acceptors (Lipinski definition) is 5.